The van der Waals surface area contributed by atoms with Crippen molar-refractivity contribution in [2.75, 3.05) is 5.32 Å². The van der Waals surface area contributed by atoms with E-state index in [1.165, 1.54) is 0 Å². The first-order valence-electron chi connectivity index (χ1n) is 5.74. The van der Waals surface area contributed by atoms with Crippen LogP contribution in [0.15, 0.2) is 18.2 Å². The van der Waals surface area contributed by atoms with Crippen molar-refractivity contribution < 1.29 is 9.59 Å². The number of para-hydroxylation sites is 1. The molecule has 1 aromatic rings. The van der Waals surface area contributed by atoms with E-state index < -0.39 is 0 Å². The van der Waals surface area contributed by atoms with Gasteiger partial charge in [0, 0.05) is 12.1 Å². The predicted octanol–water partition coefficient (Wildman–Crippen LogP) is 1.52. The normalized spacial score (nSPS) is 18.9. The first-order valence-corrected chi connectivity index (χ1v) is 5.74. The van der Waals surface area contributed by atoms with E-state index in [1.54, 1.807) is 0 Å². The number of amides is 2. The summed E-state index contributed by atoms with van der Waals surface area (Å²) in [5, 5.41) is 5.55. The molecule has 1 fully saturated rings. The van der Waals surface area contributed by atoms with Gasteiger partial charge in [-0.15, -0.1) is 0 Å². The van der Waals surface area contributed by atoms with Gasteiger partial charge in [-0.2, -0.15) is 0 Å². The van der Waals surface area contributed by atoms with Crippen LogP contribution in [0, 0.1) is 13.8 Å². The van der Waals surface area contributed by atoms with Crippen LogP contribution in [0.5, 0.6) is 0 Å². The molecule has 0 aromatic heterocycles. The van der Waals surface area contributed by atoms with Crippen molar-refractivity contribution >= 4 is 17.5 Å². The summed E-state index contributed by atoms with van der Waals surface area (Å²) in [6, 6.07) is 5.48. The van der Waals surface area contributed by atoms with Gasteiger partial charge < -0.3 is 10.6 Å². The molecule has 0 saturated carbocycles. The summed E-state index contributed by atoms with van der Waals surface area (Å²) in [4.78, 5) is 23.0. The first kappa shape index (κ1) is 11.6. The highest BCUT2D eigenvalue weighted by Gasteiger charge is 2.27. The molecule has 0 radical (unpaired) electrons. The molecule has 1 aromatic carbocycles. The Morgan fingerprint density at radius 2 is 2.00 bits per heavy atom. The Bertz CT molecular complexity index is 448. The third-order valence-electron chi connectivity index (χ3n) is 3.04. The fourth-order valence-corrected chi connectivity index (χ4v) is 2.03. The molecule has 0 unspecified atom stereocenters. The van der Waals surface area contributed by atoms with Crippen molar-refractivity contribution in [1.29, 1.82) is 0 Å². The van der Waals surface area contributed by atoms with Crippen molar-refractivity contribution in [2.45, 2.75) is 32.7 Å². The average Bonchev–Trinajstić information content (AvgIpc) is 2.70. The second-order valence-corrected chi connectivity index (χ2v) is 4.41. The maximum Gasteiger partial charge on any atom is 0.246 e. The highest BCUT2D eigenvalue weighted by atomic mass is 16.2. The number of anilines is 1. The highest BCUT2D eigenvalue weighted by molar-refractivity contribution is 5.99. The highest BCUT2D eigenvalue weighted by Crippen LogP contribution is 2.20. The van der Waals surface area contributed by atoms with Crippen LogP contribution >= 0.6 is 0 Å². The summed E-state index contributed by atoms with van der Waals surface area (Å²) in [5.74, 6) is -0.181. The monoisotopic (exact) mass is 232 g/mol. The van der Waals surface area contributed by atoms with E-state index in [0.29, 0.717) is 12.8 Å². The maximum atomic E-state index is 11.9. The molecular formula is C13H16N2O2. The molecule has 1 heterocycles. The molecule has 0 aliphatic carbocycles. The molecule has 90 valence electrons. The Balaban J connectivity index is 2.11. The Hall–Kier alpha value is -1.84. The molecule has 2 amide bonds. The Kier molecular flexibility index (Phi) is 3.13. The van der Waals surface area contributed by atoms with Crippen molar-refractivity contribution in [2.24, 2.45) is 0 Å². The Morgan fingerprint density at radius 3 is 2.53 bits per heavy atom. The summed E-state index contributed by atoms with van der Waals surface area (Å²) >= 11 is 0. The smallest absolute Gasteiger partial charge is 0.246 e. The molecule has 2 N–H and O–H groups in total. The van der Waals surface area contributed by atoms with Crippen LogP contribution in [0.25, 0.3) is 0 Å². The fraction of sp³-hybridized carbons (Fsp3) is 0.385. The van der Waals surface area contributed by atoms with Crippen LogP contribution in [-0.4, -0.2) is 17.9 Å². The Labute approximate surface area is 100 Å². The molecule has 4 nitrogen and oxygen atoms in total. The number of hydrogen-bond donors (Lipinski definition) is 2. The van der Waals surface area contributed by atoms with Gasteiger partial charge in [-0.25, -0.2) is 0 Å². The van der Waals surface area contributed by atoms with E-state index in [0.717, 1.165) is 16.8 Å². The lowest BCUT2D eigenvalue weighted by molar-refractivity contribution is -0.122. The number of aryl methyl sites for hydroxylation is 2. The summed E-state index contributed by atoms with van der Waals surface area (Å²) < 4.78 is 0. The second kappa shape index (κ2) is 4.57. The van der Waals surface area contributed by atoms with Gasteiger partial charge in [0.1, 0.15) is 6.04 Å². The van der Waals surface area contributed by atoms with E-state index in [2.05, 4.69) is 10.6 Å². The molecule has 1 aliphatic rings. The minimum atomic E-state index is -0.387. The van der Waals surface area contributed by atoms with Gasteiger partial charge in [-0.1, -0.05) is 18.2 Å². The first-order chi connectivity index (χ1) is 8.08. The van der Waals surface area contributed by atoms with Gasteiger partial charge in [0.2, 0.25) is 11.8 Å². The molecular weight excluding hydrogens is 216 g/mol. The third-order valence-corrected chi connectivity index (χ3v) is 3.04. The van der Waals surface area contributed by atoms with E-state index in [-0.39, 0.29) is 17.9 Å². The topological polar surface area (TPSA) is 58.2 Å². The summed E-state index contributed by atoms with van der Waals surface area (Å²) in [5.41, 5.74) is 2.91. The van der Waals surface area contributed by atoms with E-state index in [9.17, 15) is 9.59 Å². The van der Waals surface area contributed by atoms with Crippen LogP contribution in [0.3, 0.4) is 0 Å². The lowest BCUT2D eigenvalue weighted by atomic mass is 10.1. The van der Waals surface area contributed by atoms with Crippen molar-refractivity contribution in [3.8, 4) is 0 Å². The summed E-state index contributed by atoms with van der Waals surface area (Å²) in [6.45, 7) is 3.91. The maximum absolute atomic E-state index is 11.9. The van der Waals surface area contributed by atoms with Crippen LogP contribution < -0.4 is 10.6 Å². The van der Waals surface area contributed by atoms with E-state index >= 15 is 0 Å². The molecule has 1 saturated heterocycles. The number of carbonyl (C=O) groups excluding carboxylic acids is 2. The van der Waals surface area contributed by atoms with Crippen LogP contribution in [-0.2, 0) is 9.59 Å². The van der Waals surface area contributed by atoms with Gasteiger partial charge in [-0.05, 0) is 31.4 Å². The minimum absolute atomic E-state index is 0.0494. The van der Waals surface area contributed by atoms with Crippen LogP contribution in [0.4, 0.5) is 5.69 Å². The van der Waals surface area contributed by atoms with Crippen LogP contribution in [0.2, 0.25) is 0 Å². The zero-order valence-electron chi connectivity index (χ0n) is 10.0. The van der Waals surface area contributed by atoms with Gasteiger partial charge >= 0.3 is 0 Å². The molecule has 4 heteroatoms. The predicted molar refractivity (Wildman–Crippen MR) is 65.7 cm³/mol. The number of nitrogens with one attached hydrogen (secondary N) is 2. The van der Waals surface area contributed by atoms with E-state index in [4.69, 9.17) is 0 Å². The Morgan fingerprint density at radius 1 is 1.35 bits per heavy atom. The largest absolute Gasteiger partial charge is 0.344 e. The average molecular weight is 232 g/mol. The molecule has 0 spiro atoms. The van der Waals surface area contributed by atoms with Gasteiger partial charge in [-0.3, -0.25) is 9.59 Å². The zero-order valence-corrected chi connectivity index (χ0v) is 10.0. The van der Waals surface area contributed by atoms with Gasteiger partial charge in [0.15, 0.2) is 0 Å². The fourth-order valence-electron chi connectivity index (χ4n) is 2.03. The second-order valence-electron chi connectivity index (χ2n) is 4.41. The standard InChI is InChI=1S/C13H16N2O2/c1-8-4-3-5-9(2)12(8)15-13(17)10-6-7-11(16)14-10/h3-5,10H,6-7H2,1-2H3,(H,14,16)(H,15,17)/t10-/m0/s1. The molecule has 1 aliphatic heterocycles. The summed E-state index contributed by atoms with van der Waals surface area (Å²) in [7, 11) is 0. The zero-order chi connectivity index (χ0) is 12.4. The van der Waals surface area contributed by atoms with Gasteiger partial charge in [0.05, 0.1) is 0 Å². The molecule has 0 bridgehead atoms. The minimum Gasteiger partial charge on any atom is -0.344 e. The summed E-state index contributed by atoms with van der Waals surface area (Å²) in [6.07, 6.45) is 1.01. The number of carbonyl (C=O) groups is 2. The third kappa shape index (κ3) is 2.46. The quantitative estimate of drug-likeness (QED) is 0.812. The number of benzene rings is 1. The number of hydrogen-bond acceptors (Lipinski definition) is 2. The lowest BCUT2D eigenvalue weighted by Gasteiger charge is -2.14. The van der Waals surface area contributed by atoms with Crippen LogP contribution in [0.1, 0.15) is 24.0 Å². The van der Waals surface area contributed by atoms with Crippen molar-refractivity contribution in [3.63, 3.8) is 0 Å². The molecule has 1 atom stereocenters. The van der Waals surface area contributed by atoms with Crippen molar-refractivity contribution in [3.05, 3.63) is 29.3 Å². The SMILES string of the molecule is Cc1cccc(C)c1NC(=O)[C@@H]1CCC(=O)N1. The lowest BCUT2D eigenvalue weighted by Crippen LogP contribution is -2.37. The van der Waals surface area contributed by atoms with Gasteiger partial charge in [0.25, 0.3) is 0 Å². The number of rotatable bonds is 2. The molecule has 2 rings (SSSR count). The van der Waals surface area contributed by atoms with Crippen molar-refractivity contribution in [1.82, 2.24) is 5.32 Å². The van der Waals surface area contributed by atoms with E-state index in [1.807, 2.05) is 32.0 Å². The molecule has 17 heavy (non-hydrogen) atoms.